The van der Waals surface area contributed by atoms with E-state index in [0.29, 0.717) is 5.56 Å². The average Bonchev–Trinajstić information content (AvgIpc) is 2.23. The maximum absolute atomic E-state index is 11.8. The van der Waals surface area contributed by atoms with E-state index < -0.39 is 4.84 Å². The summed E-state index contributed by atoms with van der Waals surface area (Å²) in [5, 5.41) is 0. The lowest BCUT2D eigenvalue weighted by molar-refractivity contribution is 0.101. The highest BCUT2D eigenvalue weighted by Gasteiger charge is 2.20. The molecule has 0 aliphatic heterocycles. The Morgan fingerprint density at radius 2 is 1.81 bits per heavy atom. The lowest BCUT2D eigenvalue weighted by Crippen LogP contribution is -2.12. The third-order valence-corrected chi connectivity index (χ3v) is 3.09. The van der Waals surface area contributed by atoms with Crippen molar-refractivity contribution in [2.45, 2.75) is 25.6 Å². The van der Waals surface area contributed by atoms with Crippen LogP contribution < -0.4 is 4.74 Å². The highest BCUT2D eigenvalue weighted by Crippen LogP contribution is 2.29. The van der Waals surface area contributed by atoms with E-state index >= 15 is 0 Å². The van der Waals surface area contributed by atoms with Crippen molar-refractivity contribution >= 4 is 29.0 Å². The Labute approximate surface area is 106 Å². The van der Waals surface area contributed by atoms with Gasteiger partial charge in [0.15, 0.2) is 10.6 Å². The van der Waals surface area contributed by atoms with Crippen LogP contribution in [0.3, 0.4) is 0 Å². The fourth-order valence-electron chi connectivity index (χ4n) is 1.75. The van der Waals surface area contributed by atoms with Crippen LogP contribution in [0.15, 0.2) is 6.07 Å². The van der Waals surface area contributed by atoms with Gasteiger partial charge in [-0.1, -0.05) is 23.2 Å². The molecule has 0 N–H and O–H groups in total. The number of carbonyl (C=O) groups is 1. The molecule has 2 nitrogen and oxygen atoms in total. The van der Waals surface area contributed by atoms with Crippen molar-refractivity contribution < 1.29 is 9.53 Å². The zero-order valence-electron chi connectivity index (χ0n) is 9.73. The zero-order chi connectivity index (χ0) is 12.5. The van der Waals surface area contributed by atoms with Gasteiger partial charge >= 0.3 is 0 Å². The van der Waals surface area contributed by atoms with Gasteiger partial charge < -0.3 is 4.74 Å². The summed E-state index contributed by atoms with van der Waals surface area (Å²) in [6.07, 6.45) is 0. The Morgan fingerprint density at radius 3 is 2.25 bits per heavy atom. The molecule has 0 bridgehead atoms. The number of ether oxygens (including phenoxy) is 1. The first-order valence-corrected chi connectivity index (χ1v) is 5.74. The van der Waals surface area contributed by atoms with Crippen LogP contribution in [0.5, 0.6) is 5.75 Å². The Balaban J connectivity index is 3.40. The maximum atomic E-state index is 11.8. The van der Waals surface area contributed by atoms with E-state index in [-0.39, 0.29) is 5.78 Å². The monoisotopic (exact) mass is 260 g/mol. The molecule has 1 aromatic rings. The van der Waals surface area contributed by atoms with Crippen molar-refractivity contribution in [1.29, 1.82) is 0 Å². The van der Waals surface area contributed by atoms with Crippen LogP contribution >= 0.6 is 23.2 Å². The van der Waals surface area contributed by atoms with Gasteiger partial charge in [0.05, 0.1) is 7.11 Å². The molecule has 0 radical (unpaired) electrons. The van der Waals surface area contributed by atoms with Crippen molar-refractivity contribution in [2.24, 2.45) is 0 Å². The highest BCUT2D eigenvalue weighted by atomic mass is 35.5. The summed E-state index contributed by atoms with van der Waals surface area (Å²) in [4.78, 5) is 10.7. The summed E-state index contributed by atoms with van der Waals surface area (Å²) >= 11 is 11.2. The first kappa shape index (κ1) is 13.3. The summed E-state index contributed by atoms with van der Waals surface area (Å²) < 4.78 is 5.27. The molecule has 0 saturated carbocycles. The third kappa shape index (κ3) is 2.33. The molecule has 0 saturated heterocycles. The maximum Gasteiger partial charge on any atom is 0.195 e. The van der Waals surface area contributed by atoms with Crippen LogP contribution in [0.4, 0.5) is 0 Å². The van der Waals surface area contributed by atoms with Crippen molar-refractivity contribution in [1.82, 2.24) is 0 Å². The number of hydrogen-bond donors (Lipinski definition) is 0. The lowest BCUT2D eigenvalue weighted by atomic mass is 9.96. The van der Waals surface area contributed by atoms with Crippen LogP contribution in [-0.2, 0) is 0 Å². The van der Waals surface area contributed by atoms with Gasteiger partial charge in [-0.25, -0.2) is 0 Å². The van der Waals surface area contributed by atoms with Gasteiger partial charge in [0.2, 0.25) is 0 Å². The molecular formula is C12H14Cl2O2. The minimum Gasteiger partial charge on any atom is -0.496 e. The van der Waals surface area contributed by atoms with Gasteiger partial charge in [-0.3, -0.25) is 4.79 Å². The Morgan fingerprint density at radius 1 is 1.25 bits per heavy atom. The van der Waals surface area contributed by atoms with E-state index in [0.717, 1.165) is 22.4 Å². The van der Waals surface area contributed by atoms with Gasteiger partial charge in [-0.2, -0.15) is 0 Å². The van der Waals surface area contributed by atoms with Crippen LogP contribution in [0.2, 0.25) is 0 Å². The van der Waals surface area contributed by atoms with Crippen molar-refractivity contribution in [3.05, 3.63) is 28.3 Å². The standard InChI is InChI=1S/C12H14Cl2O2/c1-6-5-9(10(15)12(13)14)7(2)8(3)11(6)16-4/h5,12H,1-4H3. The number of hydrogen-bond acceptors (Lipinski definition) is 2. The Hall–Kier alpha value is -0.730. The van der Waals surface area contributed by atoms with E-state index in [1.165, 1.54) is 0 Å². The van der Waals surface area contributed by atoms with Gasteiger partial charge in [-0.15, -0.1) is 0 Å². The second-order valence-electron chi connectivity index (χ2n) is 3.69. The highest BCUT2D eigenvalue weighted by molar-refractivity contribution is 6.55. The molecule has 0 unspecified atom stereocenters. The summed E-state index contributed by atoms with van der Waals surface area (Å²) in [6.45, 7) is 5.66. The topological polar surface area (TPSA) is 26.3 Å². The van der Waals surface area contributed by atoms with Gasteiger partial charge in [0, 0.05) is 5.56 Å². The molecule has 1 aromatic carbocycles. The molecule has 0 heterocycles. The Kier molecular flexibility index (Phi) is 4.22. The second-order valence-corrected chi connectivity index (χ2v) is 4.79. The van der Waals surface area contributed by atoms with Gasteiger partial charge in [0.1, 0.15) is 5.75 Å². The van der Waals surface area contributed by atoms with E-state index in [1.807, 2.05) is 20.8 Å². The first-order valence-electron chi connectivity index (χ1n) is 4.87. The molecule has 1 rings (SSSR count). The summed E-state index contributed by atoms with van der Waals surface area (Å²) in [5.41, 5.74) is 3.27. The number of halogens is 2. The fourth-order valence-corrected chi connectivity index (χ4v) is 1.98. The Bertz CT molecular complexity index is 426. The molecule has 0 aromatic heterocycles. The van der Waals surface area contributed by atoms with E-state index in [1.54, 1.807) is 13.2 Å². The number of benzene rings is 1. The van der Waals surface area contributed by atoms with Crippen LogP contribution in [0.1, 0.15) is 27.0 Å². The van der Waals surface area contributed by atoms with Crippen molar-refractivity contribution in [3.8, 4) is 5.75 Å². The molecule has 0 atom stereocenters. The molecule has 0 aliphatic carbocycles. The SMILES string of the molecule is COc1c(C)cc(C(=O)C(Cl)Cl)c(C)c1C. The van der Waals surface area contributed by atoms with E-state index in [2.05, 4.69) is 0 Å². The normalized spacial score (nSPS) is 10.7. The predicted octanol–water partition coefficient (Wildman–Crippen LogP) is 3.61. The number of aryl methyl sites for hydroxylation is 1. The van der Waals surface area contributed by atoms with Crippen LogP contribution in [0.25, 0.3) is 0 Å². The fraction of sp³-hybridized carbons (Fsp3) is 0.417. The van der Waals surface area contributed by atoms with Crippen molar-refractivity contribution in [3.63, 3.8) is 0 Å². The zero-order valence-corrected chi connectivity index (χ0v) is 11.2. The predicted molar refractivity (Wildman–Crippen MR) is 67.0 cm³/mol. The summed E-state index contributed by atoms with van der Waals surface area (Å²) in [6, 6.07) is 1.77. The number of methoxy groups -OCH3 is 1. The first-order chi connectivity index (χ1) is 7.40. The quantitative estimate of drug-likeness (QED) is 0.613. The molecule has 0 aliphatic rings. The molecule has 88 valence electrons. The van der Waals surface area contributed by atoms with Crippen LogP contribution in [-0.4, -0.2) is 17.7 Å². The molecule has 0 amide bonds. The van der Waals surface area contributed by atoms with Gasteiger partial charge in [0.25, 0.3) is 0 Å². The number of ketones is 1. The lowest BCUT2D eigenvalue weighted by Gasteiger charge is -2.15. The number of carbonyl (C=O) groups excluding carboxylic acids is 1. The second kappa shape index (κ2) is 5.07. The average molecular weight is 261 g/mol. The number of alkyl halides is 2. The van der Waals surface area contributed by atoms with Gasteiger partial charge in [-0.05, 0) is 43.5 Å². The molecule has 0 fully saturated rings. The minimum absolute atomic E-state index is 0.269. The summed E-state index contributed by atoms with van der Waals surface area (Å²) in [5.74, 6) is 0.532. The van der Waals surface area contributed by atoms with Crippen molar-refractivity contribution in [2.75, 3.05) is 7.11 Å². The van der Waals surface area contributed by atoms with E-state index in [9.17, 15) is 4.79 Å². The molecule has 0 spiro atoms. The minimum atomic E-state index is -1.02. The third-order valence-electron chi connectivity index (χ3n) is 2.69. The van der Waals surface area contributed by atoms with E-state index in [4.69, 9.17) is 27.9 Å². The van der Waals surface area contributed by atoms with Crippen LogP contribution in [0, 0.1) is 20.8 Å². The number of rotatable bonds is 3. The summed E-state index contributed by atoms with van der Waals surface area (Å²) in [7, 11) is 1.61. The largest absolute Gasteiger partial charge is 0.496 e. The molecule has 16 heavy (non-hydrogen) atoms. The smallest absolute Gasteiger partial charge is 0.195 e. The number of Topliss-reactive ketones (excluding diaryl/α,β-unsaturated/α-hetero) is 1. The molecule has 4 heteroatoms. The molecular weight excluding hydrogens is 247 g/mol.